The van der Waals surface area contributed by atoms with Crippen LogP contribution in [0, 0.1) is 5.92 Å². The Balaban J connectivity index is 2.07. The first-order valence-corrected chi connectivity index (χ1v) is 3.76. The number of rotatable bonds is 3. The van der Waals surface area contributed by atoms with Crippen LogP contribution in [0.5, 0.6) is 0 Å². The molecule has 0 spiro atoms. The van der Waals surface area contributed by atoms with Crippen molar-refractivity contribution in [2.45, 2.75) is 13.3 Å². The molecule has 1 saturated heterocycles. The van der Waals surface area contributed by atoms with E-state index in [0.717, 1.165) is 25.5 Å². The normalized spacial score (nSPS) is 24.7. The molecule has 0 radical (unpaired) electrons. The third kappa shape index (κ3) is 2.40. The fourth-order valence-electron chi connectivity index (χ4n) is 1.06. The van der Waals surface area contributed by atoms with Crippen molar-refractivity contribution in [2.24, 2.45) is 5.92 Å². The zero-order chi connectivity index (χ0) is 7.40. The maximum Gasteiger partial charge on any atom is 0.0511 e. The fourth-order valence-corrected chi connectivity index (χ4v) is 1.06. The lowest BCUT2D eigenvalue weighted by molar-refractivity contribution is 0.186. The Labute approximate surface area is 62.3 Å². The predicted molar refractivity (Wildman–Crippen MR) is 41.7 cm³/mol. The Morgan fingerprint density at radius 2 is 2.60 bits per heavy atom. The van der Waals surface area contributed by atoms with Gasteiger partial charge in [-0.25, -0.2) is 0 Å². The van der Waals surface area contributed by atoms with Crippen molar-refractivity contribution in [1.29, 1.82) is 0 Å². The molecule has 1 aliphatic rings. The maximum absolute atomic E-state index is 5.22. The molecule has 1 heterocycles. The van der Waals surface area contributed by atoms with Crippen LogP contribution in [-0.2, 0) is 4.74 Å². The second-order valence-electron chi connectivity index (χ2n) is 2.89. The summed E-state index contributed by atoms with van der Waals surface area (Å²) in [7, 11) is 0. The van der Waals surface area contributed by atoms with E-state index in [9.17, 15) is 0 Å². The summed E-state index contributed by atoms with van der Waals surface area (Å²) in [5.41, 5.74) is 1.05. The van der Waals surface area contributed by atoms with Gasteiger partial charge in [-0.3, -0.25) is 0 Å². The minimum absolute atomic E-state index is 0.705. The Hall–Kier alpha value is -0.500. The second-order valence-corrected chi connectivity index (χ2v) is 2.89. The van der Waals surface area contributed by atoms with E-state index < -0.39 is 0 Å². The molecule has 0 aliphatic carbocycles. The molecule has 0 aromatic rings. The van der Waals surface area contributed by atoms with Crippen molar-refractivity contribution in [1.82, 2.24) is 5.32 Å². The maximum atomic E-state index is 5.22. The van der Waals surface area contributed by atoms with Crippen molar-refractivity contribution < 1.29 is 4.74 Å². The Bertz CT molecular complexity index is 116. The number of hydrogen-bond donors (Lipinski definition) is 1. The Morgan fingerprint density at radius 3 is 3.10 bits per heavy atom. The fraction of sp³-hybridized carbons (Fsp3) is 0.750. The molecule has 0 aromatic carbocycles. The van der Waals surface area contributed by atoms with Crippen LogP contribution in [0.3, 0.4) is 0 Å². The van der Waals surface area contributed by atoms with Gasteiger partial charge in [0.1, 0.15) is 0 Å². The summed E-state index contributed by atoms with van der Waals surface area (Å²) in [6.45, 7) is 8.62. The molecule has 1 N–H and O–H groups in total. The lowest BCUT2D eigenvalue weighted by atomic mass is 10.1. The van der Waals surface area contributed by atoms with Crippen molar-refractivity contribution in [3.8, 4) is 0 Å². The molecule has 58 valence electrons. The summed E-state index contributed by atoms with van der Waals surface area (Å²) in [6.07, 6.45) is 1.19. The summed E-state index contributed by atoms with van der Waals surface area (Å²) in [5.74, 6) is 0.705. The smallest absolute Gasteiger partial charge is 0.0511 e. The van der Waals surface area contributed by atoms with Crippen LogP contribution in [-0.4, -0.2) is 19.8 Å². The van der Waals surface area contributed by atoms with Gasteiger partial charge in [0.25, 0.3) is 0 Å². The van der Waals surface area contributed by atoms with Gasteiger partial charge in [0.05, 0.1) is 6.61 Å². The highest BCUT2D eigenvalue weighted by atomic mass is 16.5. The van der Waals surface area contributed by atoms with Gasteiger partial charge in [-0.15, -0.1) is 0 Å². The van der Waals surface area contributed by atoms with Crippen LogP contribution in [0.4, 0.5) is 0 Å². The summed E-state index contributed by atoms with van der Waals surface area (Å²) < 4.78 is 5.22. The minimum Gasteiger partial charge on any atom is -0.389 e. The van der Waals surface area contributed by atoms with Crippen LogP contribution < -0.4 is 5.32 Å². The highest BCUT2D eigenvalue weighted by molar-refractivity contribution is 4.85. The first kappa shape index (κ1) is 7.61. The second kappa shape index (κ2) is 3.62. The third-order valence-electron chi connectivity index (χ3n) is 1.72. The van der Waals surface area contributed by atoms with E-state index >= 15 is 0 Å². The van der Waals surface area contributed by atoms with E-state index in [1.807, 2.05) is 6.92 Å². The van der Waals surface area contributed by atoms with Gasteiger partial charge in [-0.2, -0.15) is 0 Å². The molecule has 1 fully saturated rings. The number of ether oxygens (including phenoxy) is 1. The van der Waals surface area contributed by atoms with E-state index in [1.54, 1.807) is 0 Å². The molecule has 10 heavy (non-hydrogen) atoms. The van der Waals surface area contributed by atoms with Crippen molar-refractivity contribution >= 4 is 0 Å². The van der Waals surface area contributed by atoms with Crippen LogP contribution in [0.1, 0.15) is 13.3 Å². The quantitative estimate of drug-likeness (QED) is 0.636. The van der Waals surface area contributed by atoms with Crippen LogP contribution >= 0.6 is 0 Å². The molecule has 0 amide bonds. The molecule has 0 aromatic heterocycles. The first-order valence-electron chi connectivity index (χ1n) is 3.76. The minimum atomic E-state index is 0.705. The van der Waals surface area contributed by atoms with Gasteiger partial charge < -0.3 is 10.1 Å². The average Bonchev–Trinajstić information content (AvgIpc) is 2.34. The van der Waals surface area contributed by atoms with Crippen LogP contribution in [0.15, 0.2) is 12.3 Å². The molecular weight excluding hydrogens is 126 g/mol. The number of hydrogen-bond acceptors (Lipinski definition) is 2. The SMILES string of the molecule is C=C(C)NCC1CCOC1. The predicted octanol–water partition coefficient (Wildman–Crippen LogP) is 1.15. The van der Waals surface area contributed by atoms with E-state index in [0.29, 0.717) is 5.92 Å². The average molecular weight is 141 g/mol. The first-order chi connectivity index (χ1) is 4.79. The largest absolute Gasteiger partial charge is 0.389 e. The zero-order valence-corrected chi connectivity index (χ0v) is 6.52. The van der Waals surface area contributed by atoms with Gasteiger partial charge in [0, 0.05) is 24.8 Å². The monoisotopic (exact) mass is 141 g/mol. The lowest BCUT2D eigenvalue weighted by Crippen LogP contribution is -2.20. The van der Waals surface area contributed by atoms with Gasteiger partial charge in [-0.1, -0.05) is 6.58 Å². The van der Waals surface area contributed by atoms with Crippen molar-refractivity contribution in [3.05, 3.63) is 12.3 Å². The van der Waals surface area contributed by atoms with Crippen molar-refractivity contribution in [3.63, 3.8) is 0 Å². The van der Waals surface area contributed by atoms with E-state index in [4.69, 9.17) is 4.74 Å². The molecule has 1 aliphatic heterocycles. The molecule has 0 bridgehead atoms. The Morgan fingerprint density at radius 1 is 1.80 bits per heavy atom. The van der Waals surface area contributed by atoms with Gasteiger partial charge in [0.15, 0.2) is 0 Å². The summed E-state index contributed by atoms with van der Waals surface area (Å²) in [5, 5.41) is 3.21. The molecule has 1 unspecified atom stereocenters. The number of nitrogens with one attached hydrogen (secondary N) is 1. The highest BCUT2D eigenvalue weighted by Crippen LogP contribution is 2.10. The van der Waals surface area contributed by atoms with Gasteiger partial charge >= 0.3 is 0 Å². The standard InChI is InChI=1S/C8H15NO/c1-7(2)9-5-8-3-4-10-6-8/h8-9H,1,3-6H2,2H3. The van der Waals surface area contributed by atoms with E-state index in [2.05, 4.69) is 11.9 Å². The van der Waals surface area contributed by atoms with Crippen molar-refractivity contribution in [2.75, 3.05) is 19.8 Å². The Kier molecular flexibility index (Phi) is 2.75. The van der Waals surface area contributed by atoms with E-state index in [1.165, 1.54) is 6.42 Å². The molecule has 2 nitrogen and oxygen atoms in total. The molecule has 0 saturated carbocycles. The topological polar surface area (TPSA) is 21.3 Å². The summed E-state index contributed by atoms with van der Waals surface area (Å²) >= 11 is 0. The van der Waals surface area contributed by atoms with Crippen LogP contribution in [0.25, 0.3) is 0 Å². The van der Waals surface area contributed by atoms with Gasteiger partial charge in [0.2, 0.25) is 0 Å². The summed E-state index contributed by atoms with van der Waals surface area (Å²) in [4.78, 5) is 0. The molecule has 2 heteroatoms. The van der Waals surface area contributed by atoms with Crippen LogP contribution in [0.2, 0.25) is 0 Å². The highest BCUT2D eigenvalue weighted by Gasteiger charge is 2.14. The third-order valence-corrected chi connectivity index (χ3v) is 1.72. The van der Waals surface area contributed by atoms with E-state index in [-0.39, 0.29) is 0 Å². The zero-order valence-electron chi connectivity index (χ0n) is 6.52. The molecule has 1 rings (SSSR count). The summed E-state index contributed by atoms with van der Waals surface area (Å²) in [6, 6.07) is 0. The number of allylic oxidation sites excluding steroid dienone is 1. The molecular formula is C8H15NO. The lowest BCUT2D eigenvalue weighted by Gasteiger charge is -2.08. The molecule has 1 atom stereocenters. The van der Waals surface area contributed by atoms with Gasteiger partial charge in [-0.05, 0) is 13.3 Å².